The molecule has 0 saturated heterocycles. The Bertz CT molecular complexity index is 201. The Morgan fingerprint density at radius 2 is 1.36 bits per heavy atom. The maximum Gasteiger partial charge on any atom is 0.216 e. The molecule has 0 spiro atoms. The SMILES string of the molecule is Cl.ClC(Cl)(Cl)c1ccccc1. The van der Waals surface area contributed by atoms with Crippen molar-refractivity contribution in [2.24, 2.45) is 0 Å². The second-order valence-electron chi connectivity index (χ2n) is 1.86. The van der Waals surface area contributed by atoms with Crippen molar-refractivity contribution in [2.75, 3.05) is 0 Å². The van der Waals surface area contributed by atoms with E-state index in [2.05, 4.69) is 0 Å². The quantitative estimate of drug-likeness (QED) is 0.594. The van der Waals surface area contributed by atoms with Gasteiger partial charge in [0.2, 0.25) is 3.79 Å². The lowest BCUT2D eigenvalue weighted by atomic mass is 10.2. The van der Waals surface area contributed by atoms with Gasteiger partial charge < -0.3 is 0 Å². The van der Waals surface area contributed by atoms with Crippen LogP contribution < -0.4 is 0 Å². The molecule has 0 heterocycles. The van der Waals surface area contributed by atoms with E-state index in [0.717, 1.165) is 0 Å². The number of halogens is 4. The standard InChI is InChI=1S/C7H5Cl3.ClH/c8-7(9,10)6-4-2-1-3-5-6;/h1-5H;1H. The Kier molecular flexibility index (Phi) is 4.57. The highest BCUT2D eigenvalue weighted by Crippen LogP contribution is 2.37. The van der Waals surface area contributed by atoms with E-state index in [4.69, 9.17) is 34.8 Å². The third kappa shape index (κ3) is 3.53. The molecule has 0 aliphatic heterocycles. The van der Waals surface area contributed by atoms with Crippen LogP contribution in [0.4, 0.5) is 0 Å². The van der Waals surface area contributed by atoms with Gasteiger partial charge in [-0.15, -0.1) is 12.4 Å². The van der Waals surface area contributed by atoms with Gasteiger partial charge in [-0.25, -0.2) is 0 Å². The molecule has 62 valence electrons. The average Bonchev–Trinajstić information content (AvgIpc) is 1.88. The highest BCUT2D eigenvalue weighted by atomic mass is 35.6. The van der Waals surface area contributed by atoms with Crippen molar-refractivity contribution in [3.63, 3.8) is 0 Å². The predicted molar refractivity (Wildman–Crippen MR) is 52.9 cm³/mol. The van der Waals surface area contributed by atoms with Gasteiger partial charge in [-0.2, -0.15) is 0 Å². The number of hydrogen-bond acceptors (Lipinski definition) is 0. The Morgan fingerprint density at radius 1 is 0.909 bits per heavy atom. The second-order valence-corrected chi connectivity index (χ2v) is 4.15. The zero-order valence-electron chi connectivity index (χ0n) is 5.43. The second kappa shape index (κ2) is 4.42. The summed E-state index contributed by atoms with van der Waals surface area (Å²) in [5.74, 6) is 0. The summed E-state index contributed by atoms with van der Waals surface area (Å²) in [6.45, 7) is 0. The van der Waals surface area contributed by atoms with E-state index >= 15 is 0 Å². The number of hydrogen-bond donors (Lipinski definition) is 0. The molecular formula is C7H6Cl4. The van der Waals surface area contributed by atoms with Crippen molar-refractivity contribution >= 4 is 47.2 Å². The van der Waals surface area contributed by atoms with Gasteiger partial charge in [-0.3, -0.25) is 0 Å². The van der Waals surface area contributed by atoms with Crippen LogP contribution in [-0.4, -0.2) is 0 Å². The lowest BCUT2D eigenvalue weighted by molar-refractivity contribution is 1.24. The summed E-state index contributed by atoms with van der Waals surface area (Å²) in [5, 5.41) is 0. The van der Waals surface area contributed by atoms with Crippen LogP contribution in [0, 0.1) is 0 Å². The maximum absolute atomic E-state index is 5.59. The Morgan fingerprint density at radius 3 is 1.64 bits per heavy atom. The molecule has 0 aliphatic rings. The highest BCUT2D eigenvalue weighted by molar-refractivity contribution is 6.66. The fraction of sp³-hybridized carbons (Fsp3) is 0.143. The van der Waals surface area contributed by atoms with Gasteiger partial charge in [0.1, 0.15) is 0 Å². The molecule has 0 bridgehead atoms. The molecule has 0 amide bonds. The summed E-state index contributed by atoms with van der Waals surface area (Å²) >= 11 is 16.8. The zero-order valence-corrected chi connectivity index (χ0v) is 8.51. The average molecular weight is 232 g/mol. The molecular weight excluding hydrogens is 226 g/mol. The third-order valence-corrected chi connectivity index (χ3v) is 1.76. The first-order valence-electron chi connectivity index (χ1n) is 2.73. The van der Waals surface area contributed by atoms with Crippen molar-refractivity contribution in [2.45, 2.75) is 3.79 Å². The molecule has 0 saturated carbocycles. The highest BCUT2D eigenvalue weighted by Gasteiger charge is 2.21. The minimum atomic E-state index is -1.29. The van der Waals surface area contributed by atoms with Crippen molar-refractivity contribution < 1.29 is 0 Å². The van der Waals surface area contributed by atoms with E-state index in [1.165, 1.54) is 0 Å². The summed E-state index contributed by atoms with van der Waals surface area (Å²) in [6, 6.07) is 9.08. The fourth-order valence-electron chi connectivity index (χ4n) is 0.627. The fourth-order valence-corrected chi connectivity index (χ4v) is 1.01. The summed E-state index contributed by atoms with van der Waals surface area (Å²) in [6.07, 6.45) is 0. The molecule has 11 heavy (non-hydrogen) atoms. The monoisotopic (exact) mass is 230 g/mol. The van der Waals surface area contributed by atoms with E-state index in [1.807, 2.05) is 18.2 Å². The van der Waals surface area contributed by atoms with E-state index in [0.29, 0.717) is 5.56 Å². The van der Waals surface area contributed by atoms with Gasteiger partial charge in [0.25, 0.3) is 0 Å². The van der Waals surface area contributed by atoms with Crippen LogP contribution in [0.15, 0.2) is 30.3 Å². The van der Waals surface area contributed by atoms with Crippen LogP contribution in [-0.2, 0) is 3.79 Å². The Balaban J connectivity index is 0.000001000. The van der Waals surface area contributed by atoms with Gasteiger partial charge in [0, 0.05) is 5.56 Å². The third-order valence-electron chi connectivity index (χ3n) is 1.10. The summed E-state index contributed by atoms with van der Waals surface area (Å²) in [4.78, 5) is 0. The van der Waals surface area contributed by atoms with Crippen LogP contribution in [0.25, 0.3) is 0 Å². The minimum Gasteiger partial charge on any atom is -0.147 e. The summed E-state index contributed by atoms with van der Waals surface area (Å²) < 4.78 is -1.29. The van der Waals surface area contributed by atoms with Crippen LogP contribution in [0.2, 0.25) is 0 Å². The lowest BCUT2D eigenvalue weighted by Crippen LogP contribution is -1.98. The molecule has 0 N–H and O–H groups in total. The Labute approximate surface area is 86.9 Å². The van der Waals surface area contributed by atoms with Crippen LogP contribution >= 0.6 is 47.2 Å². The van der Waals surface area contributed by atoms with Gasteiger partial charge in [0.05, 0.1) is 0 Å². The van der Waals surface area contributed by atoms with Gasteiger partial charge >= 0.3 is 0 Å². The molecule has 1 rings (SSSR count). The topological polar surface area (TPSA) is 0 Å². The molecule has 0 unspecified atom stereocenters. The van der Waals surface area contributed by atoms with E-state index in [9.17, 15) is 0 Å². The zero-order chi connectivity index (χ0) is 7.61. The molecule has 1 aromatic carbocycles. The van der Waals surface area contributed by atoms with Crippen molar-refractivity contribution in [1.29, 1.82) is 0 Å². The van der Waals surface area contributed by atoms with Crippen molar-refractivity contribution in [1.82, 2.24) is 0 Å². The molecule has 0 nitrogen and oxygen atoms in total. The largest absolute Gasteiger partial charge is 0.216 e. The first kappa shape index (κ1) is 11.4. The number of benzene rings is 1. The summed E-state index contributed by atoms with van der Waals surface area (Å²) in [5.41, 5.74) is 0.694. The van der Waals surface area contributed by atoms with Gasteiger partial charge in [0.15, 0.2) is 0 Å². The van der Waals surface area contributed by atoms with Crippen molar-refractivity contribution in [3.05, 3.63) is 35.9 Å². The van der Waals surface area contributed by atoms with E-state index in [-0.39, 0.29) is 12.4 Å². The molecule has 0 fully saturated rings. The molecule has 0 radical (unpaired) electrons. The van der Waals surface area contributed by atoms with E-state index in [1.54, 1.807) is 12.1 Å². The van der Waals surface area contributed by atoms with E-state index < -0.39 is 3.79 Å². The lowest BCUT2D eigenvalue weighted by Gasteiger charge is -2.09. The van der Waals surface area contributed by atoms with Crippen LogP contribution in [0.3, 0.4) is 0 Å². The molecule has 4 heteroatoms. The number of rotatable bonds is 0. The molecule has 1 aromatic rings. The van der Waals surface area contributed by atoms with Crippen LogP contribution in [0.1, 0.15) is 5.56 Å². The number of alkyl halides is 3. The first-order valence-corrected chi connectivity index (χ1v) is 3.86. The molecule has 0 aliphatic carbocycles. The van der Waals surface area contributed by atoms with Gasteiger partial charge in [-0.05, 0) is 0 Å². The molecule has 0 atom stereocenters. The predicted octanol–water partition coefficient (Wildman–Crippen LogP) is 3.94. The first-order chi connectivity index (χ1) is 4.61. The molecule has 0 aromatic heterocycles. The van der Waals surface area contributed by atoms with Crippen LogP contribution in [0.5, 0.6) is 0 Å². The smallest absolute Gasteiger partial charge is 0.147 e. The van der Waals surface area contributed by atoms with Gasteiger partial charge in [-0.1, -0.05) is 65.1 Å². The minimum absolute atomic E-state index is 0. The Hall–Kier alpha value is 0.380. The maximum atomic E-state index is 5.59. The summed E-state index contributed by atoms with van der Waals surface area (Å²) in [7, 11) is 0. The normalized spacial score (nSPS) is 10.5. The van der Waals surface area contributed by atoms with Crippen molar-refractivity contribution in [3.8, 4) is 0 Å².